The monoisotopic (exact) mass is 526 g/mol. The molecule has 1 amide bonds. The first-order chi connectivity index (χ1) is 16.4. The Balaban J connectivity index is 2.03. The third-order valence-corrected chi connectivity index (χ3v) is 5.92. The Bertz CT molecular complexity index is 1220. The van der Waals surface area contributed by atoms with Gasteiger partial charge in [-0.15, -0.1) is 0 Å². The molecule has 0 radical (unpaired) electrons. The number of rotatable bonds is 7. The zero-order valence-corrected chi connectivity index (χ0v) is 20.9. The van der Waals surface area contributed by atoms with Gasteiger partial charge < -0.3 is 10.1 Å². The summed E-state index contributed by atoms with van der Waals surface area (Å²) in [7, 11) is 0. The number of pyridine rings is 1. The second-order valence-corrected chi connectivity index (χ2v) is 8.87. The standard InChI is InChI=1S/C24H23Cl2F3N4O2/c1-12(2)35-21-16(13(3)23(34)33-11-18-22(26)31-8-7-30-18)9-17(25)14(4)20(21)15-5-6-19(32-10-15)24(27,28)29/h5-10,12-13H,11H2,1-4H3,(H,33,34). The maximum absolute atomic E-state index is 13.0. The van der Waals surface area contributed by atoms with Gasteiger partial charge in [0.1, 0.15) is 11.4 Å². The van der Waals surface area contributed by atoms with Crippen molar-refractivity contribution in [1.29, 1.82) is 0 Å². The molecule has 3 rings (SSSR count). The van der Waals surface area contributed by atoms with Crippen LogP contribution in [0.25, 0.3) is 11.1 Å². The fraction of sp³-hybridized carbons (Fsp3) is 0.333. The molecule has 1 unspecified atom stereocenters. The van der Waals surface area contributed by atoms with Gasteiger partial charge in [-0.05, 0) is 45.4 Å². The van der Waals surface area contributed by atoms with E-state index in [4.69, 9.17) is 27.9 Å². The average Bonchev–Trinajstić information content (AvgIpc) is 2.79. The van der Waals surface area contributed by atoms with E-state index in [1.165, 1.54) is 18.5 Å². The van der Waals surface area contributed by atoms with E-state index in [9.17, 15) is 18.0 Å². The summed E-state index contributed by atoms with van der Waals surface area (Å²) in [4.78, 5) is 24.6. The summed E-state index contributed by atoms with van der Waals surface area (Å²) < 4.78 is 45.2. The molecule has 0 fully saturated rings. The number of carbonyl (C=O) groups excluding carboxylic acids is 1. The molecule has 0 bridgehead atoms. The van der Waals surface area contributed by atoms with Crippen molar-refractivity contribution in [3.8, 4) is 16.9 Å². The van der Waals surface area contributed by atoms with Gasteiger partial charge in [0.15, 0.2) is 5.15 Å². The number of amides is 1. The molecule has 0 aliphatic rings. The van der Waals surface area contributed by atoms with Crippen molar-refractivity contribution in [1.82, 2.24) is 20.3 Å². The Hall–Kier alpha value is -2.91. The van der Waals surface area contributed by atoms with Crippen molar-refractivity contribution >= 4 is 29.1 Å². The van der Waals surface area contributed by atoms with E-state index >= 15 is 0 Å². The number of hydrogen-bond acceptors (Lipinski definition) is 5. The molecular formula is C24H23Cl2F3N4O2. The first-order valence-corrected chi connectivity index (χ1v) is 11.4. The highest BCUT2D eigenvalue weighted by atomic mass is 35.5. The van der Waals surface area contributed by atoms with E-state index in [1.54, 1.807) is 19.9 Å². The van der Waals surface area contributed by atoms with Crippen LogP contribution in [0.5, 0.6) is 5.75 Å². The van der Waals surface area contributed by atoms with Gasteiger partial charge in [0.05, 0.1) is 24.3 Å². The third-order valence-electron chi connectivity index (χ3n) is 5.21. The largest absolute Gasteiger partial charge is 0.490 e. The number of nitrogens with one attached hydrogen (secondary N) is 1. The lowest BCUT2D eigenvalue weighted by molar-refractivity contribution is -0.141. The maximum Gasteiger partial charge on any atom is 0.433 e. The fourth-order valence-electron chi connectivity index (χ4n) is 3.42. The van der Waals surface area contributed by atoms with Crippen LogP contribution in [0, 0.1) is 6.92 Å². The Morgan fingerprint density at radius 1 is 1.11 bits per heavy atom. The Morgan fingerprint density at radius 3 is 2.37 bits per heavy atom. The molecule has 0 saturated carbocycles. The lowest BCUT2D eigenvalue weighted by Crippen LogP contribution is -2.28. The van der Waals surface area contributed by atoms with Crippen LogP contribution in [0.15, 0.2) is 36.8 Å². The van der Waals surface area contributed by atoms with Crippen LogP contribution in [0.3, 0.4) is 0 Å². The second kappa shape index (κ2) is 10.8. The normalized spacial score (nSPS) is 12.5. The topological polar surface area (TPSA) is 77.0 Å². The van der Waals surface area contributed by atoms with Crippen molar-refractivity contribution in [3.63, 3.8) is 0 Å². The summed E-state index contributed by atoms with van der Waals surface area (Å²) in [5, 5.41) is 3.29. The van der Waals surface area contributed by atoms with Crippen LogP contribution >= 0.6 is 23.2 Å². The van der Waals surface area contributed by atoms with Crippen LogP contribution in [0.1, 0.15) is 49.2 Å². The second-order valence-electron chi connectivity index (χ2n) is 8.11. The lowest BCUT2D eigenvalue weighted by atomic mass is 9.91. The summed E-state index contributed by atoms with van der Waals surface area (Å²) in [5.41, 5.74) is 1.32. The van der Waals surface area contributed by atoms with Crippen LogP contribution in [0.2, 0.25) is 10.2 Å². The van der Waals surface area contributed by atoms with E-state index in [2.05, 4.69) is 20.3 Å². The lowest BCUT2D eigenvalue weighted by Gasteiger charge is -2.24. The van der Waals surface area contributed by atoms with E-state index in [1.807, 2.05) is 13.8 Å². The number of ether oxygens (including phenoxy) is 1. The zero-order valence-electron chi connectivity index (χ0n) is 19.4. The van der Waals surface area contributed by atoms with Gasteiger partial charge in [-0.25, -0.2) is 4.98 Å². The third kappa shape index (κ3) is 6.21. The van der Waals surface area contributed by atoms with Gasteiger partial charge in [-0.1, -0.05) is 29.3 Å². The summed E-state index contributed by atoms with van der Waals surface area (Å²) in [6, 6.07) is 3.84. The number of halogens is 5. The molecule has 1 aromatic carbocycles. The van der Waals surface area contributed by atoms with Crippen LogP contribution in [-0.2, 0) is 17.5 Å². The minimum Gasteiger partial charge on any atom is -0.490 e. The van der Waals surface area contributed by atoms with Gasteiger partial charge >= 0.3 is 6.18 Å². The van der Waals surface area contributed by atoms with Crippen molar-refractivity contribution in [3.05, 3.63) is 69.5 Å². The highest BCUT2D eigenvalue weighted by molar-refractivity contribution is 6.32. The number of nitrogens with zero attached hydrogens (tertiary/aromatic N) is 3. The molecule has 3 aromatic rings. The quantitative estimate of drug-likeness (QED) is 0.386. The number of aromatic nitrogens is 3. The SMILES string of the molecule is Cc1c(Cl)cc(C(C)C(=O)NCc2nccnc2Cl)c(OC(C)C)c1-c1ccc(C(F)(F)F)nc1. The number of benzene rings is 1. The van der Waals surface area contributed by atoms with Gasteiger partial charge in [-0.3, -0.25) is 14.8 Å². The van der Waals surface area contributed by atoms with Crippen molar-refractivity contribution < 1.29 is 22.7 Å². The van der Waals surface area contributed by atoms with Crippen molar-refractivity contribution in [2.75, 3.05) is 0 Å². The zero-order chi connectivity index (χ0) is 25.9. The fourth-order valence-corrected chi connectivity index (χ4v) is 3.80. The smallest absolute Gasteiger partial charge is 0.433 e. The molecule has 0 spiro atoms. The van der Waals surface area contributed by atoms with Gasteiger partial charge in [0.25, 0.3) is 0 Å². The first kappa shape index (κ1) is 26.7. The molecule has 0 aliphatic carbocycles. The van der Waals surface area contributed by atoms with Gasteiger partial charge in [0.2, 0.25) is 5.91 Å². The molecule has 35 heavy (non-hydrogen) atoms. The van der Waals surface area contributed by atoms with Crippen LogP contribution < -0.4 is 10.1 Å². The molecule has 0 aliphatic heterocycles. The highest BCUT2D eigenvalue weighted by Gasteiger charge is 2.32. The van der Waals surface area contributed by atoms with Crippen LogP contribution in [0.4, 0.5) is 13.2 Å². The molecule has 2 heterocycles. The molecular weight excluding hydrogens is 504 g/mol. The van der Waals surface area contributed by atoms with Crippen molar-refractivity contribution in [2.24, 2.45) is 0 Å². The molecule has 11 heteroatoms. The molecule has 1 atom stereocenters. The molecule has 0 saturated heterocycles. The van der Waals surface area contributed by atoms with E-state index in [0.717, 1.165) is 12.3 Å². The van der Waals surface area contributed by atoms with Crippen molar-refractivity contribution in [2.45, 2.75) is 52.4 Å². The average molecular weight is 527 g/mol. The number of carbonyl (C=O) groups is 1. The molecule has 2 aromatic heterocycles. The Kier molecular flexibility index (Phi) is 8.22. The summed E-state index contributed by atoms with van der Waals surface area (Å²) >= 11 is 12.5. The van der Waals surface area contributed by atoms with Gasteiger partial charge in [0, 0.05) is 40.3 Å². The summed E-state index contributed by atoms with van der Waals surface area (Å²) in [6.45, 7) is 7.09. The van der Waals surface area contributed by atoms with Gasteiger partial charge in [-0.2, -0.15) is 13.2 Å². The molecule has 6 nitrogen and oxygen atoms in total. The molecule has 186 valence electrons. The minimum absolute atomic E-state index is 0.0610. The number of hydrogen-bond donors (Lipinski definition) is 1. The van der Waals surface area contributed by atoms with E-state index in [-0.39, 0.29) is 23.7 Å². The molecule has 1 N–H and O–H groups in total. The minimum atomic E-state index is -4.57. The first-order valence-electron chi connectivity index (χ1n) is 10.7. The highest BCUT2D eigenvalue weighted by Crippen LogP contribution is 2.43. The number of alkyl halides is 3. The predicted molar refractivity (Wildman–Crippen MR) is 127 cm³/mol. The summed E-state index contributed by atoms with van der Waals surface area (Å²) in [6.07, 6.45) is -0.820. The Morgan fingerprint density at radius 2 is 1.80 bits per heavy atom. The van der Waals surface area contributed by atoms with E-state index < -0.39 is 17.8 Å². The Labute approximate surface area is 210 Å². The predicted octanol–water partition coefficient (Wildman–Crippen LogP) is 6.38. The van der Waals surface area contributed by atoms with E-state index in [0.29, 0.717) is 38.7 Å². The maximum atomic E-state index is 13.0. The van der Waals surface area contributed by atoms with Crippen LogP contribution in [-0.4, -0.2) is 27.0 Å². The summed E-state index contributed by atoms with van der Waals surface area (Å²) in [5.74, 6) is -0.723.